The van der Waals surface area contributed by atoms with Crippen molar-refractivity contribution in [3.8, 4) is 62.1 Å². The largest absolute Gasteiger partial charge is 0.308 e. The van der Waals surface area contributed by atoms with Gasteiger partial charge in [0.1, 0.15) is 0 Å². The van der Waals surface area contributed by atoms with Crippen molar-refractivity contribution in [2.24, 2.45) is 0 Å². The first-order valence-electron chi connectivity index (χ1n) is 17.9. The Bertz CT molecular complexity index is 2890. The topological polar surface area (TPSA) is 43.6 Å². The van der Waals surface area contributed by atoms with E-state index in [-0.39, 0.29) is 0 Å². The molecule has 10 rings (SSSR count). The van der Waals surface area contributed by atoms with Gasteiger partial charge in [-0.05, 0) is 69.4 Å². The third-order valence-corrected chi connectivity index (χ3v) is 10.0. The Morgan fingerprint density at radius 2 is 0.811 bits per heavy atom. The average molecular weight is 677 g/mol. The van der Waals surface area contributed by atoms with Crippen molar-refractivity contribution in [2.45, 2.75) is 0 Å². The fourth-order valence-corrected chi connectivity index (χ4v) is 7.45. The van der Waals surface area contributed by atoms with Gasteiger partial charge in [0.15, 0.2) is 17.5 Å². The van der Waals surface area contributed by atoms with Gasteiger partial charge in [-0.1, -0.05) is 158 Å². The van der Waals surface area contributed by atoms with Gasteiger partial charge in [-0.25, -0.2) is 15.0 Å². The van der Waals surface area contributed by atoms with E-state index in [1.807, 2.05) is 24.3 Å². The summed E-state index contributed by atoms with van der Waals surface area (Å²) >= 11 is 0. The molecule has 4 heteroatoms. The highest BCUT2D eigenvalue weighted by Crippen LogP contribution is 2.39. The van der Waals surface area contributed by atoms with Crippen molar-refractivity contribution < 1.29 is 0 Å². The zero-order chi connectivity index (χ0) is 35.1. The minimum atomic E-state index is 0.612. The van der Waals surface area contributed by atoms with E-state index < -0.39 is 0 Å². The molecule has 2 aromatic heterocycles. The molecule has 53 heavy (non-hydrogen) atoms. The van der Waals surface area contributed by atoms with E-state index in [2.05, 4.69) is 174 Å². The lowest BCUT2D eigenvalue weighted by Gasteiger charge is -2.17. The summed E-state index contributed by atoms with van der Waals surface area (Å²) in [6.45, 7) is 0. The second-order valence-corrected chi connectivity index (χ2v) is 13.3. The summed E-state index contributed by atoms with van der Waals surface area (Å²) in [5.74, 6) is 1.86. The van der Waals surface area contributed by atoms with E-state index in [1.165, 1.54) is 21.5 Å². The number of para-hydroxylation sites is 2. The molecule has 0 spiro atoms. The summed E-state index contributed by atoms with van der Waals surface area (Å²) in [4.78, 5) is 15.6. The predicted molar refractivity (Wildman–Crippen MR) is 219 cm³/mol. The molecule has 2 heterocycles. The standard InChI is InChI=1S/C49H32N4/c1-3-14-33(15-4-1)37-20-13-21-40(31-37)48-50-47(35-17-5-2-6-18-35)51-49(52-48)43-29-28-39(38-27-26-34-16-7-8-19-36(34)30-38)32-46(43)53-44-24-11-9-22-41(44)42-23-10-12-25-45(42)53/h1-32H. The van der Waals surface area contributed by atoms with Crippen LogP contribution in [0.3, 0.4) is 0 Å². The number of nitrogens with zero attached hydrogens (tertiary/aromatic N) is 4. The lowest BCUT2D eigenvalue weighted by molar-refractivity contribution is 1.06. The van der Waals surface area contributed by atoms with Crippen LogP contribution in [0.1, 0.15) is 0 Å². The van der Waals surface area contributed by atoms with E-state index in [4.69, 9.17) is 15.0 Å². The van der Waals surface area contributed by atoms with Gasteiger partial charge in [-0.2, -0.15) is 0 Å². The normalized spacial score (nSPS) is 11.4. The third kappa shape index (κ3) is 5.54. The SMILES string of the molecule is c1ccc(-c2cccc(-c3nc(-c4ccccc4)nc(-c4ccc(-c5ccc6ccccc6c5)cc4-n4c5ccccc5c5ccccc54)n3)c2)cc1. The first-order chi connectivity index (χ1) is 26.3. The van der Waals surface area contributed by atoms with Gasteiger partial charge in [0.25, 0.3) is 0 Å². The van der Waals surface area contributed by atoms with E-state index in [0.29, 0.717) is 17.5 Å². The quantitative estimate of drug-likeness (QED) is 0.176. The minimum Gasteiger partial charge on any atom is -0.308 e. The summed E-state index contributed by atoms with van der Waals surface area (Å²) in [6.07, 6.45) is 0. The predicted octanol–water partition coefficient (Wildman–Crippen LogP) is 12.5. The molecular formula is C49H32N4. The molecule has 0 aliphatic carbocycles. The van der Waals surface area contributed by atoms with Crippen molar-refractivity contribution in [1.82, 2.24) is 19.5 Å². The smallest absolute Gasteiger partial charge is 0.166 e. The number of hydrogen-bond donors (Lipinski definition) is 0. The maximum atomic E-state index is 5.27. The zero-order valence-corrected chi connectivity index (χ0v) is 28.8. The van der Waals surface area contributed by atoms with Crippen LogP contribution in [0.2, 0.25) is 0 Å². The fraction of sp³-hybridized carbons (Fsp3) is 0. The zero-order valence-electron chi connectivity index (χ0n) is 28.8. The second kappa shape index (κ2) is 12.9. The lowest BCUT2D eigenvalue weighted by atomic mass is 9.98. The maximum Gasteiger partial charge on any atom is 0.166 e. The van der Waals surface area contributed by atoms with Gasteiger partial charge in [0.2, 0.25) is 0 Å². The summed E-state index contributed by atoms with van der Waals surface area (Å²) in [6, 6.07) is 68.1. The van der Waals surface area contributed by atoms with Crippen molar-refractivity contribution in [2.75, 3.05) is 0 Å². The molecule has 0 amide bonds. The van der Waals surface area contributed by atoms with E-state index in [9.17, 15) is 0 Å². The van der Waals surface area contributed by atoms with Crippen molar-refractivity contribution in [3.05, 3.63) is 194 Å². The van der Waals surface area contributed by atoms with Gasteiger partial charge < -0.3 is 4.57 Å². The van der Waals surface area contributed by atoms with Gasteiger partial charge in [0.05, 0.1) is 16.7 Å². The molecule has 0 saturated carbocycles. The van der Waals surface area contributed by atoms with Gasteiger partial charge in [-0.15, -0.1) is 0 Å². The molecule has 8 aromatic carbocycles. The first kappa shape index (κ1) is 30.6. The molecule has 0 radical (unpaired) electrons. The number of hydrogen-bond acceptors (Lipinski definition) is 3. The summed E-state index contributed by atoms with van der Waals surface area (Å²) in [5.41, 5.74) is 10.5. The second-order valence-electron chi connectivity index (χ2n) is 13.3. The van der Waals surface area contributed by atoms with Gasteiger partial charge in [-0.3, -0.25) is 0 Å². The Hall–Kier alpha value is -7.17. The van der Waals surface area contributed by atoms with Crippen LogP contribution in [-0.2, 0) is 0 Å². The Morgan fingerprint density at radius 3 is 1.55 bits per heavy atom. The minimum absolute atomic E-state index is 0.612. The maximum absolute atomic E-state index is 5.27. The summed E-state index contributed by atoms with van der Waals surface area (Å²) in [5, 5.41) is 4.83. The Morgan fingerprint density at radius 1 is 0.302 bits per heavy atom. The highest BCUT2D eigenvalue weighted by molar-refractivity contribution is 6.09. The number of benzene rings is 8. The van der Waals surface area contributed by atoms with Crippen molar-refractivity contribution in [1.29, 1.82) is 0 Å². The molecule has 0 aliphatic heterocycles. The third-order valence-electron chi connectivity index (χ3n) is 10.0. The number of rotatable bonds is 6. The van der Waals surface area contributed by atoms with Gasteiger partial charge >= 0.3 is 0 Å². The van der Waals surface area contributed by atoms with E-state index in [0.717, 1.165) is 55.7 Å². The molecule has 10 aromatic rings. The van der Waals surface area contributed by atoms with Crippen LogP contribution < -0.4 is 0 Å². The molecule has 0 aliphatic rings. The Balaban J connectivity index is 1.24. The molecule has 0 N–H and O–H groups in total. The van der Waals surface area contributed by atoms with Crippen LogP contribution in [0.25, 0.3) is 94.7 Å². The lowest BCUT2D eigenvalue weighted by Crippen LogP contribution is -2.04. The fourth-order valence-electron chi connectivity index (χ4n) is 7.45. The van der Waals surface area contributed by atoms with Crippen LogP contribution in [0, 0.1) is 0 Å². The first-order valence-corrected chi connectivity index (χ1v) is 17.9. The highest BCUT2D eigenvalue weighted by atomic mass is 15.1. The van der Waals surface area contributed by atoms with Crippen LogP contribution in [0.5, 0.6) is 0 Å². The Labute approximate surface area is 307 Å². The van der Waals surface area contributed by atoms with Crippen LogP contribution in [-0.4, -0.2) is 19.5 Å². The van der Waals surface area contributed by atoms with Crippen LogP contribution >= 0.6 is 0 Å². The molecule has 0 fully saturated rings. The Kier molecular flexibility index (Phi) is 7.43. The van der Waals surface area contributed by atoms with Crippen LogP contribution in [0.4, 0.5) is 0 Å². The van der Waals surface area contributed by atoms with Crippen molar-refractivity contribution in [3.63, 3.8) is 0 Å². The molecule has 0 atom stereocenters. The highest BCUT2D eigenvalue weighted by Gasteiger charge is 2.20. The number of aromatic nitrogens is 4. The van der Waals surface area contributed by atoms with Gasteiger partial charge in [0, 0.05) is 27.5 Å². The summed E-state index contributed by atoms with van der Waals surface area (Å²) < 4.78 is 2.37. The molecule has 248 valence electrons. The molecule has 4 nitrogen and oxygen atoms in total. The van der Waals surface area contributed by atoms with E-state index >= 15 is 0 Å². The number of fused-ring (bicyclic) bond motifs is 4. The monoisotopic (exact) mass is 676 g/mol. The van der Waals surface area contributed by atoms with Crippen LogP contribution in [0.15, 0.2) is 194 Å². The van der Waals surface area contributed by atoms with Crippen molar-refractivity contribution >= 4 is 32.6 Å². The van der Waals surface area contributed by atoms with E-state index in [1.54, 1.807) is 0 Å². The average Bonchev–Trinajstić information content (AvgIpc) is 3.58. The summed E-state index contributed by atoms with van der Waals surface area (Å²) in [7, 11) is 0. The molecule has 0 bridgehead atoms. The molecular weight excluding hydrogens is 645 g/mol. The molecule has 0 unspecified atom stereocenters. The molecule has 0 saturated heterocycles.